The number of fused-ring (bicyclic) bond motifs is 3. The number of benzene rings is 1. The number of ether oxygens (including phenoxy) is 2. The first kappa shape index (κ1) is 16.9. The summed E-state index contributed by atoms with van der Waals surface area (Å²) < 4.78 is 12.8. The van der Waals surface area contributed by atoms with Crippen molar-refractivity contribution >= 4 is 43.9 Å². The zero-order valence-electron chi connectivity index (χ0n) is 14.3. The molecule has 134 valence electrons. The summed E-state index contributed by atoms with van der Waals surface area (Å²) in [5.74, 6) is 1.52. The van der Waals surface area contributed by atoms with Crippen LogP contribution in [0.2, 0.25) is 0 Å². The lowest BCUT2D eigenvalue weighted by atomic mass is 10.3. The highest BCUT2D eigenvalue weighted by molar-refractivity contribution is 7.21. The first-order valence-electron chi connectivity index (χ1n) is 8.03. The third-order valence-corrected chi connectivity index (χ3v) is 5.81. The van der Waals surface area contributed by atoms with Crippen molar-refractivity contribution in [3.63, 3.8) is 0 Å². The molecule has 0 aliphatic carbocycles. The molecule has 3 heterocycles. The maximum absolute atomic E-state index is 12.6. The Balaban J connectivity index is 1.38. The lowest BCUT2D eigenvalue weighted by Crippen LogP contribution is -2.30. The summed E-state index contributed by atoms with van der Waals surface area (Å²) in [7, 11) is 3.41. The lowest BCUT2D eigenvalue weighted by molar-refractivity contribution is 0.0778. The zero-order chi connectivity index (χ0) is 18.1. The van der Waals surface area contributed by atoms with E-state index in [0.29, 0.717) is 18.0 Å². The minimum Gasteiger partial charge on any atom is -0.497 e. The van der Waals surface area contributed by atoms with Gasteiger partial charge in [-0.15, -0.1) is 22.7 Å². The van der Waals surface area contributed by atoms with Crippen LogP contribution in [0.5, 0.6) is 11.5 Å². The van der Waals surface area contributed by atoms with Crippen LogP contribution < -0.4 is 9.47 Å². The monoisotopic (exact) mass is 387 g/mol. The van der Waals surface area contributed by atoms with Crippen molar-refractivity contribution in [2.75, 3.05) is 27.3 Å². The molecule has 0 unspecified atom stereocenters. The van der Waals surface area contributed by atoms with Crippen molar-refractivity contribution in [1.29, 1.82) is 0 Å². The summed E-state index contributed by atoms with van der Waals surface area (Å²) in [5.41, 5.74) is 0.984. The molecule has 6 nitrogen and oxygen atoms in total. The average molecular weight is 387 g/mol. The van der Waals surface area contributed by atoms with Gasteiger partial charge in [0.1, 0.15) is 22.9 Å². The second-order valence-electron chi connectivity index (χ2n) is 5.72. The van der Waals surface area contributed by atoms with E-state index in [0.717, 1.165) is 26.8 Å². The highest BCUT2D eigenvalue weighted by atomic mass is 32.1. The molecular weight excluding hydrogens is 370 g/mol. The molecule has 0 saturated carbocycles. The number of carbonyl (C=O) groups is 1. The number of nitrogens with zero attached hydrogens (tertiary/aromatic N) is 3. The molecule has 0 aliphatic heterocycles. The number of imidazole rings is 1. The molecular formula is C18H17N3O3S2. The predicted molar refractivity (Wildman–Crippen MR) is 104 cm³/mol. The van der Waals surface area contributed by atoms with Crippen LogP contribution in [0.15, 0.2) is 41.9 Å². The quantitative estimate of drug-likeness (QED) is 0.505. The summed E-state index contributed by atoms with van der Waals surface area (Å²) >= 11 is 3.02. The standard InChI is InChI=1S/C18H17N3O3S2/c1-20(7-9-24-13-5-3-12(23-2)4-6-13)17(22)15-11-14-16(26-15)19-18-21(14)8-10-25-18/h3-6,8,10-11H,7,9H2,1-2H3. The van der Waals surface area contributed by atoms with E-state index in [1.54, 1.807) is 30.4 Å². The van der Waals surface area contributed by atoms with E-state index >= 15 is 0 Å². The van der Waals surface area contributed by atoms with Crippen molar-refractivity contribution < 1.29 is 14.3 Å². The Labute approximate surface area is 158 Å². The van der Waals surface area contributed by atoms with Gasteiger partial charge >= 0.3 is 0 Å². The van der Waals surface area contributed by atoms with Crippen LogP contribution in [-0.4, -0.2) is 47.5 Å². The smallest absolute Gasteiger partial charge is 0.263 e. The summed E-state index contributed by atoms with van der Waals surface area (Å²) in [6.45, 7) is 0.925. The fourth-order valence-corrected chi connectivity index (χ4v) is 4.41. The molecule has 26 heavy (non-hydrogen) atoms. The van der Waals surface area contributed by atoms with Gasteiger partial charge < -0.3 is 14.4 Å². The highest BCUT2D eigenvalue weighted by Crippen LogP contribution is 2.28. The summed E-state index contributed by atoms with van der Waals surface area (Å²) in [4.78, 5) is 21.4. The molecule has 3 aromatic heterocycles. The van der Waals surface area contributed by atoms with Crippen LogP contribution in [0.1, 0.15) is 9.67 Å². The largest absolute Gasteiger partial charge is 0.497 e. The lowest BCUT2D eigenvalue weighted by Gasteiger charge is -2.16. The number of carbonyl (C=O) groups excluding carboxylic acids is 1. The topological polar surface area (TPSA) is 56.1 Å². The van der Waals surface area contributed by atoms with Crippen LogP contribution in [0.25, 0.3) is 15.3 Å². The Bertz CT molecular complexity index is 1050. The Morgan fingerprint density at radius 3 is 2.81 bits per heavy atom. The summed E-state index contributed by atoms with van der Waals surface area (Å²) in [6.07, 6.45) is 1.97. The number of thiazole rings is 1. The molecule has 1 aromatic carbocycles. The molecule has 0 spiro atoms. The Morgan fingerprint density at radius 1 is 1.27 bits per heavy atom. The molecule has 0 atom stereocenters. The van der Waals surface area contributed by atoms with Gasteiger partial charge in [-0.3, -0.25) is 9.20 Å². The van der Waals surface area contributed by atoms with Gasteiger partial charge in [0.05, 0.1) is 24.0 Å². The first-order valence-corrected chi connectivity index (χ1v) is 9.73. The maximum Gasteiger partial charge on any atom is 0.263 e. The Kier molecular flexibility index (Phi) is 4.52. The van der Waals surface area contributed by atoms with Crippen LogP contribution in [-0.2, 0) is 0 Å². The molecule has 4 aromatic rings. The molecule has 1 amide bonds. The van der Waals surface area contributed by atoms with Gasteiger partial charge in [-0.1, -0.05) is 0 Å². The van der Waals surface area contributed by atoms with Crippen LogP contribution in [0.3, 0.4) is 0 Å². The van der Waals surface area contributed by atoms with Crippen LogP contribution in [0, 0.1) is 0 Å². The number of rotatable bonds is 6. The second kappa shape index (κ2) is 6.97. The molecule has 4 rings (SSSR count). The van der Waals surface area contributed by atoms with E-state index < -0.39 is 0 Å². The van der Waals surface area contributed by atoms with Gasteiger partial charge in [-0.05, 0) is 30.3 Å². The number of hydrogen-bond acceptors (Lipinski definition) is 6. The number of thiophene rings is 1. The minimum atomic E-state index is -0.0182. The predicted octanol–water partition coefficient (Wildman–Crippen LogP) is 3.77. The third kappa shape index (κ3) is 3.13. The zero-order valence-corrected chi connectivity index (χ0v) is 16.0. The molecule has 8 heteroatoms. The molecule has 0 saturated heterocycles. The minimum absolute atomic E-state index is 0.0182. The van der Waals surface area contributed by atoms with Crippen molar-refractivity contribution in [1.82, 2.24) is 14.3 Å². The van der Waals surface area contributed by atoms with Gasteiger partial charge in [0, 0.05) is 18.6 Å². The highest BCUT2D eigenvalue weighted by Gasteiger charge is 2.18. The van der Waals surface area contributed by atoms with E-state index in [-0.39, 0.29) is 5.91 Å². The number of methoxy groups -OCH3 is 1. The fraction of sp³-hybridized carbons (Fsp3) is 0.222. The van der Waals surface area contributed by atoms with Crippen molar-refractivity contribution in [3.05, 3.63) is 46.8 Å². The second-order valence-corrected chi connectivity index (χ2v) is 7.62. The van der Waals surface area contributed by atoms with Crippen LogP contribution in [0.4, 0.5) is 0 Å². The molecule has 0 aliphatic rings. The molecule has 0 radical (unpaired) electrons. The van der Waals surface area contributed by atoms with E-state index in [4.69, 9.17) is 9.47 Å². The Hall–Kier alpha value is -2.58. The maximum atomic E-state index is 12.6. The molecule has 0 N–H and O–H groups in total. The van der Waals surface area contributed by atoms with Gasteiger partial charge in [0.15, 0.2) is 4.96 Å². The fourth-order valence-electron chi connectivity index (χ4n) is 2.62. The first-order chi connectivity index (χ1) is 12.7. The van der Waals surface area contributed by atoms with Gasteiger partial charge in [0.25, 0.3) is 5.91 Å². The molecule has 0 fully saturated rings. The number of aromatic nitrogens is 2. The third-order valence-electron chi connectivity index (χ3n) is 4.05. The van der Waals surface area contributed by atoms with E-state index in [1.807, 2.05) is 46.3 Å². The van der Waals surface area contributed by atoms with Crippen molar-refractivity contribution in [2.45, 2.75) is 0 Å². The number of hydrogen-bond donors (Lipinski definition) is 0. The average Bonchev–Trinajstić information content (AvgIpc) is 3.33. The summed E-state index contributed by atoms with van der Waals surface area (Å²) in [5, 5.41) is 1.99. The molecule has 0 bridgehead atoms. The van der Waals surface area contributed by atoms with E-state index in [1.165, 1.54) is 11.3 Å². The van der Waals surface area contributed by atoms with Crippen molar-refractivity contribution in [3.8, 4) is 11.5 Å². The SMILES string of the molecule is COc1ccc(OCCN(C)C(=O)c2cc3c(nc4sccn43)s2)cc1. The van der Waals surface area contributed by atoms with Gasteiger partial charge in [-0.25, -0.2) is 4.98 Å². The normalized spacial score (nSPS) is 11.2. The van der Waals surface area contributed by atoms with Gasteiger partial charge in [-0.2, -0.15) is 0 Å². The van der Waals surface area contributed by atoms with Crippen molar-refractivity contribution in [2.24, 2.45) is 0 Å². The summed E-state index contributed by atoms with van der Waals surface area (Å²) in [6, 6.07) is 9.30. The van der Waals surface area contributed by atoms with E-state index in [2.05, 4.69) is 4.98 Å². The Morgan fingerprint density at radius 2 is 2.04 bits per heavy atom. The number of amides is 1. The van der Waals surface area contributed by atoms with Gasteiger partial charge in [0.2, 0.25) is 0 Å². The van der Waals surface area contributed by atoms with Crippen LogP contribution >= 0.6 is 22.7 Å². The van der Waals surface area contributed by atoms with E-state index in [9.17, 15) is 4.79 Å². The number of likely N-dealkylation sites (N-methyl/N-ethyl adjacent to an activating group) is 1.